The minimum Gasteiger partial charge on any atom is -0.508 e. The van der Waals surface area contributed by atoms with Crippen molar-refractivity contribution in [3.05, 3.63) is 120 Å². The molecule has 0 saturated heterocycles. The minimum absolute atomic E-state index is 0.226. The maximum Gasteiger partial charge on any atom is 0.120 e. The van der Waals surface area contributed by atoms with E-state index in [1.165, 1.54) is 0 Å². The van der Waals surface area contributed by atoms with Crippen LogP contribution in [0.3, 0.4) is 0 Å². The molecule has 2 aromatic carbocycles. The zero-order chi connectivity index (χ0) is 22.2. The van der Waals surface area contributed by atoms with Crippen molar-refractivity contribution in [1.82, 2.24) is 20.6 Å². The second-order valence-electron chi connectivity index (χ2n) is 7.40. The fourth-order valence-corrected chi connectivity index (χ4v) is 3.74. The van der Waals surface area contributed by atoms with E-state index in [1.54, 1.807) is 36.7 Å². The van der Waals surface area contributed by atoms with Crippen molar-refractivity contribution < 1.29 is 10.2 Å². The summed E-state index contributed by atoms with van der Waals surface area (Å²) in [6.07, 6.45) is 3.50. The molecule has 162 valence electrons. The van der Waals surface area contributed by atoms with E-state index in [2.05, 4.69) is 20.6 Å². The molecule has 4 rings (SSSR count). The van der Waals surface area contributed by atoms with Crippen LogP contribution in [0.15, 0.2) is 97.3 Å². The molecule has 32 heavy (non-hydrogen) atoms. The second-order valence-corrected chi connectivity index (χ2v) is 7.40. The molecule has 2 aromatic heterocycles. The van der Waals surface area contributed by atoms with Crippen LogP contribution in [0.5, 0.6) is 11.5 Å². The number of phenols is 2. The molecular weight excluding hydrogens is 400 g/mol. The second kappa shape index (κ2) is 10.5. The van der Waals surface area contributed by atoms with Gasteiger partial charge in [-0.3, -0.25) is 9.97 Å². The van der Waals surface area contributed by atoms with E-state index in [4.69, 9.17) is 0 Å². The Morgan fingerprint density at radius 1 is 0.562 bits per heavy atom. The Bertz CT molecular complexity index is 1030. The monoisotopic (exact) mass is 426 g/mol. The molecule has 2 atom stereocenters. The third-order valence-electron chi connectivity index (χ3n) is 5.28. The van der Waals surface area contributed by atoms with E-state index in [0.717, 1.165) is 22.5 Å². The summed E-state index contributed by atoms with van der Waals surface area (Å²) in [4.78, 5) is 8.96. The van der Waals surface area contributed by atoms with Gasteiger partial charge in [-0.1, -0.05) is 48.5 Å². The van der Waals surface area contributed by atoms with Crippen LogP contribution in [0, 0.1) is 0 Å². The summed E-state index contributed by atoms with van der Waals surface area (Å²) in [5.41, 5.74) is 3.20. The molecule has 0 aliphatic rings. The summed E-state index contributed by atoms with van der Waals surface area (Å²) < 4.78 is 0. The van der Waals surface area contributed by atoms with E-state index >= 15 is 0 Å². The van der Waals surface area contributed by atoms with Gasteiger partial charge in [-0.2, -0.15) is 0 Å². The molecule has 6 heteroatoms. The SMILES string of the molecule is Oc1ccccc1C(NCCNC(c1ccccn1)c1ccccc1O)c1ccccn1. The molecule has 0 aliphatic carbocycles. The summed E-state index contributed by atoms with van der Waals surface area (Å²) in [6, 6.07) is 25.6. The summed E-state index contributed by atoms with van der Waals surface area (Å²) >= 11 is 0. The maximum absolute atomic E-state index is 10.4. The highest BCUT2D eigenvalue weighted by molar-refractivity contribution is 5.40. The number of pyridine rings is 2. The largest absolute Gasteiger partial charge is 0.508 e. The van der Waals surface area contributed by atoms with Crippen molar-refractivity contribution in [3.8, 4) is 11.5 Å². The smallest absolute Gasteiger partial charge is 0.120 e. The van der Waals surface area contributed by atoms with Crippen molar-refractivity contribution in [1.29, 1.82) is 0 Å². The zero-order valence-electron chi connectivity index (χ0n) is 17.6. The molecule has 2 unspecified atom stereocenters. The van der Waals surface area contributed by atoms with Gasteiger partial charge < -0.3 is 20.8 Å². The van der Waals surface area contributed by atoms with Crippen molar-refractivity contribution in [3.63, 3.8) is 0 Å². The van der Waals surface area contributed by atoms with Crippen LogP contribution < -0.4 is 10.6 Å². The first-order chi connectivity index (χ1) is 15.7. The first-order valence-corrected chi connectivity index (χ1v) is 10.6. The Hall–Kier alpha value is -3.74. The van der Waals surface area contributed by atoms with Gasteiger partial charge in [-0.25, -0.2) is 0 Å². The summed E-state index contributed by atoms with van der Waals surface area (Å²) in [7, 11) is 0. The van der Waals surface area contributed by atoms with Gasteiger partial charge in [0.15, 0.2) is 0 Å². The number of nitrogens with one attached hydrogen (secondary N) is 2. The molecule has 0 bridgehead atoms. The number of hydrogen-bond donors (Lipinski definition) is 4. The highest BCUT2D eigenvalue weighted by Crippen LogP contribution is 2.29. The van der Waals surface area contributed by atoms with Crippen molar-refractivity contribution in [2.45, 2.75) is 12.1 Å². The fraction of sp³-hybridized carbons (Fsp3) is 0.154. The van der Waals surface area contributed by atoms with E-state index in [-0.39, 0.29) is 23.6 Å². The van der Waals surface area contributed by atoms with Gasteiger partial charge in [0.2, 0.25) is 0 Å². The first kappa shape index (κ1) is 21.5. The molecule has 4 aromatic rings. The van der Waals surface area contributed by atoms with Gasteiger partial charge >= 0.3 is 0 Å². The van der Waals surface area contributed by atoms with Crippen molar-refractivity contribution in [2.75, 3.05) is 13.1 Å². The molecule has 2 heterocycles. The van der Waals surface area contributed by atoms with E-state index in [1.807, 2.05) is 60.7 Å². The van der Waals surface area contributed by atoms with Crippen LogP contribution >= 0.6 is 0 Å². The third-order valence-corrected chi connectivity index (χ3v) is 5.28. The Kier molecular flexibility index (Phi) is 7.07. The Morgan fingerprint density at radius 3 is 1.34 bits per heavy atom. The lowest BCUT2D eigenvalue weighted by molar-refractivity contribution is 0.446. The van der Waals surface area contributed by atoms with E-state index in [0.29, 0.717) is 13.1 Å². The number of para-hydroxylation sites is 2. The van der Waals surface area contributed by atoms with Crippen LogP contribution in [0.1, 0.15) is 34.6 Å². The fourth-order valence-electron chi connectivity index (χ4n) is 3.74. The quantitative estimate of drug-likeness (QED) is 0.303. The lowest BCUT2D eigenvalue weighted by Gasteiger charge is -2.23. The first-order valence-electron chi connectivity index (χ1n) is 10.6. The average Bonchev–Trinajstić information content (AvgIpc) is 2.84. The molecule has 0 saturated carbocycles. The minimum atomic E-state index is -0.252. The topological polar surface area (TPSA) is 90.3 Å². The number of aromatic nitrogens is 2. The Labute approximate surface area is 187 Å². The predicted molar refractivity (Wildman–Crippen MR) is 124 cm³/mol. The molecule has 0 amide bonds. The number of hydrogen-bond acceptors (Lipinski definition) is 6. The number of nitrogens with zero attached hydrogens (tertiary/aromatic N) is 2. The highest BCUT2D eigenvalue weighted by atomic mass is 16.3. The standard InChI is InChI=1S/C26H26N4O2/c31-23-13-3-1-9-19(23)25(21-11-5-7-15-27-21)29-17-18-30-26(22-12-6-8-16-28-22)20-10-2-4-14-24(20)32/h1-16,25-26,29-32H,17-18H2. The number of rotatable bonds is 9. The van der Waals surface area contributed by atoms with Crippen molar-refractivity contribution >= 4 is 0 Å². The average molecular weight is 427 g/mol. The van der Waals surface area contributed by atoms with Crippen LogP contribution in [-0.4, -0.2) is 33.3 Å². The molecule has 0 fully saturated rings. The molecule has 4 N–H and O–H groups in total. The van der Waals surface area contributed by atoms with Gasteiger partial charge in [-0.15, -0.1) is 0 Å². The van der Waals surface area contributed by atoms with Crippen molar-refractivity contribution in [2.24, 2.45) is 0 Å². The summed E-state index contributed by atoms with van der Waals surface area (Å²) in [5.74, 6) is 0.452. The summed E-state index contributed by atoms with van der Waals surface area (Å²) in [5, 5.41) is 27.8. The maximum atomic E-state index is 10.4. The lowest BCUT2D eigenvalue weighted by atomic mass is 10.0. The van der Waals surface area contributed by atoms with Crippen LogP contribution in [-0.2, 0) is 0 Å². The van der Waals surface area contributed by atoms with Gasteiger partial charge in [0.05, 0.1) is 23.5 Å². The Morgan fingerprint density at radius 2 is 0.969 bits per heavy atom. The van der Waals surface area contributed by atoms with Crippen LogP contribution in [0.2, 0.25) is 0 Å². The predicted octanol–water partition coefficient (Wildman–Crippen LogP) is 3.95. The molecular formula is C26H26N4O2. The van der Waals surface area contributed by atoms with Gasteiger partial charge in [0, 0.05) is 36.6 Å². The lowest BCUT2D eigenvalue weighted by Crippen LogP contribution is -2.34. The van der Waals surface area contributed by atoms with Crippen LogP contribution in [0.25, 0.3) is 0 Å². The van der Waals surface area contributed by atoms with Gasteiger partial charge in [-0.05, 0) is 36.4 Å². The molecule has 0 aliphatic heterocycles. The summed E-state index contributed by atoms with van der Waals surface area (Å²) in [6.45, 7) is 1.21. The van der Waals surface area contributed by atoms with E-state index < -0.39 is 0 Å². The highest BCUT2D eigenvalue weighted by Gasteiger charge is 2.20. The molecule has 0 spiro atoms. The van der Waals surface area contributed by atoms with E-state index in [9.17, 15) is 10.2 Å². The number of phenolic OH excluding ortho intramolecular Hbond substituents is 2. The zero-order valence-corrected chi connectivity index (χ0v) is 17.6. The molecule has 6 nitrogen and oxygen atoms in total. The Balaban J connectivity index is 1.50. The number of benzene rings is 2. The number of aromatic hydroxyl groups is 2. The van der Waals surface area contributed by atoms with Crippen LogP contribution in [0.4, 0.5) is 0 Å². The normalized spacial score (nSPS) is 12.9. The molecule has 0 radical (unpaired) electrons. The third kappa shape index (κ3) is 5.11. The van der Waals surface area contributed by atoms with Gasteiger partial charge in [0.25, 0.3) is 0 Å². The van der Waals surface area contributed by atoms with Gasteiger partial charge in [0.1, 0.15) is 11.5 Å².